The zero-order valence-electron chi connectivity index (χ0n) is 16.4. The van der Waals surface area contributed by atoms with Crippen LogP contribution in [0.4, 0.5) is 5.69 Å². The monoisotopic (exact) mass is 404 g/mol. The minimum Gasteiger partial charge on any atom is -0.325 e. The smallest absolute Gasteiger partial charge is 0.234 e. The molecule has 4 rings (SSSR count). The van der Waals surface area contributed by atoms with Crippen molar-refractivity contribution in [2.24, 2.45) is 0 Å². The summed E-state index contributed by atoms with van der Waals surface area (Å²) in [6, 6.07) is 13.8. The van der Waals surface area contributed by atoms with Crippen molar-refractivity contribution in [1.82, 2.24) is 25.0 Å². The number of hydrogen-bond acceptors (Lipinski definition) is 6. The predicted octanol–water partition coefficient (Wildman–Crippen LogP) is 3.87. The first-order valence-electron chi connectivity index (χ1n) is 9.15. The highest BCUT2D eigenvalue weighted by Gasteiger charge is 2.15. The van der Waals surface area contributed by atoms with Gasteiger partial charge in [-0.1, -0.05) is 46.8 Å². The lowest BCUT2D eigenvalue weighted by molar-refractivity contribution is -0.113. The number of nitrogens with zero attached hydrogens (tertiary/aromatic N) is 5. The molecule has 2 aromatic heterocycles. The summed E-state index contributed by atoms with van der Waals surface area (Å²) >= 11 is 1.32. The van der Waals surface area contributed by atoms with E-state index in [4.69, 9.17) is 0 Å². The van der Waals surface area contributed by atoms with Crippen molar-refractivity contribution >= 4 is 34.5 Å². The van der Waals surface area contributed by atoms with E-state index in [0.29, 0.717) is 16.2 Å². The lowest BCUT2D eigenvalue weighted by Gasteiger charge is -2.10. The van der Waals surface area contributed by atoms with E-state index in [-0.39, 0.29) is 11.7 Å². The highest BCUT2D eigenvalue weighted by atomic mass is 32.2. The lowest BCUT2D eigenvalue weighted by Crippen LogP contribution is -2.15. The van der Waals surface area contributed by atoms with Gasteiger partial charge in [-0.25, -0.2) is 9.97 Å². The lowest BCUT2D eigenvalue weighted by atomic mass is 10.1. The van der Waals surface area contributed by atoms with Crippen LogP contribution in [0.2, 0.25) is 0 Å². The van der Waals surface area contributed by atoms with Gasteiger partial charge in [-0.3, -0.25) is 4.79 Å². The summed E-state index contributed by atoms with van der Waals surface area (Å²) in [6.45, 7) is 6.05. The van der Waals surface area contributed by atoms with E-state index in [2.05, 4.69) is 25.6 Å². The van der Waals surface area contributed by atoms with Gasteiger partial charge < -0.3 is 5.32 Å². The van der Waals surface area contributed by atoms with Crippen molar-refractivity contribution in [2.75, 3.05) is 11.1 Å². The van der Waals surface area contributed by atoms with Crippen LogP contribution in [0.5, 0.6) is 0 Å². The third-order valence-corrected chi connectivity index (χ3v) is 5.68. The van der Waals surface area contributed by atoms with Crippen LogP contribution in [0.25, 0.3) is 16.9 Å². The number of hydrogen-bond donors (Lipinski definition) is 1. The minimum atomic E-state index is -0.0959. The van der Waals surface area contributed by atoms with Crippen LogP contribution >= 0.6 is 11.8 Å². The molecule has 0 saturated heterocycles. The molecule has 0 aliphatic rings. The molecule has 7 nitrogen and oxygen atoms in total. The number of anilines is 1. The Hall–Kier alpha value is -3.26. The molecule has 1 N–H and O–H groups in total. The molecule has 29 heavy (non-hydrogen) atoms. The molecule has 146 valence electrons. The van der Waals surface area contributed by atoms with E-state index < -0.39 is 0 Å². The Morgan fingerprint density at radius 2 is 1.86 bits per heavy atom. The molecule has 0 aliphatic carbocycles. The molecular weight excluding hydrogens is 384 g/mol. The Kier molecular flexibility index (Phi) is 5.26. The van der Waals surface area contributed by atoms with Gasteiger partial charge >= 0.3 is 0 Å². The van der Waals surface area contributed by atoms with E-state index in [0.717, 1.165) is 22.5 Å². The van der Waals surface area contributed by atoms with Crippen molar-refractivity contribution in [1.29, 1.82) is 0 Å². The van der Waals surface area contributed by atoms with Crippen LogP contribution in [0.1, 0.15) is 16.7 Å². The second kappa shape index (κ2) is 8.00. The largest absolute Gasteiger partial charge is 0.325 e. The van der Waals surface area contributed by atoms with Gasteiger partial charge in [0.2, 0.25) is 5.91 Å². The van der Waals surface area contributed by atoms with Crippen molar-refractivity contribution < 1.29 is 4.79 Å². The number of aromatic nitrogens is 5. The van der Waals surface area contributed by atoms with E-state index in [1.807, 2.05) is 63.2 Å². The number of amides is 1. The normalized spacial score (nSPS) is 11.0. The number of fused-ring (bicyclic) bond motifs is 1. The van der Waals surface area contributed by atoms with Gasteiger partial charge in [0.15, 0.2) is 11.2 Å². The molecule has 8 heteroatoms. The Labute approximate surface area is 172 Å². The van der Waals surface area contributed by atoms with Gasteiger partial charge in [0.05, 0.1) is 11.4 Å². The maximum Gasteiger partial charge on any atom is 0.234 e. The zero-order chi connectivity index (χ0) is 20.4. The molecule has 0 spiro atoms. The Balaban J connectivity index is 1.52. The molecule has 0 atom stereocenters. The van der Waals surface area contributed by atoms with Gasteiger partial charge in [0, 0.05) is 5.69 Å². The number of carbonyl (C=O) groups excluding carboxylic acids is 1. The van der Waals surface area contributed by atoms with Gasteiger partial charge in [-0.2, -0.15) is 4.68 Å². The maximum absolute atomic E-state index is 12.4. The summed E-state index contributed by atoms with van der Waals surface area (Å²) < 4.78 is 1.68. The summed E-state index contributed by atoms with van der Waals surface area (Å²) in [5.41, 5.74) is 6.27. The molecule has 0 radical (unpaired) electrons. The van der Waals surface area contributed by atoms with Crippen molar-refractivity contribution in [3.05, 3.63) is 65.5 Å². The highest BCUT2D eigenvalue weighted by Crippen LogP contribution is 2.25. The van der Waals surface area contributed by atoms with Gasteiger partial charge in [-0.15, -0.1) is 5.10 Å². The molecule has 0 saturated carbocycles. The first kappa shape index (κ1) is 19.1. The average molecular weight is 404 g/mol. The van der Waals surface area contributed by atoms with E-state index >= 15 is 0 Å². The predicted molar refractivity (Wildman–Crippen MR) is 114 cm³/mol. The van der Waals surface area contributed by atoms with Crippen LogP contribution < -0.4 is 5.32 Å². The minimum absolute atomic E-state index is 0.0959. The standard InChI is InChI=1S/C21H20N6OS/c1-13-7-9-16(10-8-13)27-20-19(25-26-27)21(23-12-22-20)29-11-18(28)24-17-6-4-5-14(2)15(17)3/h4-10,12H,11H2,1-3H3,(H,24,28). The van der Waals surface area contributed by atoms with Crippen molar-refractivity contribution in [3.63, 3.8) is 0 Å². The molecular formula is C21H20N6OS. The fourth-order valence-corrected chi connectivity index (χ4v) is 3.63. The van der Waals surface area contributed by atoms with Crippen LogP contribution in [-0.4, -0.2) is 36.6 Å². The number of aryl methyl sites for hydroxylation is 2. The second-order valence-electron chi connectivity index (χ2n) is 6.77. The fraction of sp³-hybridized carbons (Fsp3) is 0.190. The van der Waals surface area contributed by atoms with E-state index in [1.54, 1.807) is 4.68 Å². The molecule has 0 unspecified atom stereocenters. The van der Waals surface area contributed by atoms with Gasteiger partial charge in [-0.05, 0) is 50.1 Å². The molecule has 0 fully saturated rings. The summed E-state index contributed by atoms with van der Waals surface area (Å²) in [5, 5.41) is 12.1. The van der Waals surface area contributed by atoms with Crippen LogP contribution in [0.3, 0.4) is 0 Å². The molecule has 0 aliphatic heterocycles. The zero-order valence-corrected chi connectivity index (χ0v) is 17.2. The quantitative estimate of drug-likeness (QED) is 0.401. The first-order valence-corrected chi connectivity index (χ1v) is 10.1. The molecule has 2 aromatic carbocycles. The third-order valence-electron chi connectivity index (χ3n) is 4.70. The van der Waals surface area contributed by atoms with Crippen molar-refractivity contribution in [3.8, 4) is 5.69 Å². The second-order valence-corrected chi connectivity index (χ2v) is 7.74. The van der Waals surface area contributed by atoms with Gasteiger partial charge in [0.1, 0.15) is 11.4 Å². The molecule has 2 heterocycles. The van der Waals surface area contributed by atoms with E-state index in [1.165, 1.54) is 23.7 Å². The van der Waals surface area contributed by atoms with Crippen LogP contribution in [-0.2, 0) is 4.79 Å². The fourth-order valence-electron chi connectivity index (χ4n) is 2.90. The molecule has 4 aromatic rings. The first-order chi connectivity index (χ1) is 14.0. The Morgan fingerprint density at radius 3 is 2.66 bits per heavy atom. The molecule has 1 amide bonds. The number of carbonyl (C=O) groups is 1. The molecule has 0 bridgehead atoms. The van der Waals surface area contributed by atoms with Crippen molar-refractivity contribution in [2.45, 2.75) is 25.8 Å². The maximum atomic E-state index is 12.4. The summed E-state index contributed by atoms with van der Waals surface area (Å²) in [5.74, 6) is 0.123. The topological polar surface area (TPSA) is 85.6 Å². The summed E-state index contributed by atoms with van der Waals surface area (Å²) in [7, 11) is 0. The van der Waals surface area contributed by atoms with E-state index in [9.17, 15) is 4.79 Å². The van der Waals surface area contributed by atoms with Crippen LogP contribution in [0, 0.1) is 20.8 Å². The summed E-state index contributed by atoms with van der Waals surface area (Å²) in [4.78, 5) is 21.1. The SMILES string of the molecule is Cc1ccc(-n2nnc3c(SCC(=O)Nc4cccc(C)c4C)ncnc32)cc1. The number of thioether (sulfide) groups is 1. The third kappa shape index (κ3) is 3.97. The Bertz CT molecular complexity index is 1190. The average Bonchev–Trinajstić information content (AvgIpc) is 3.15. The summed E-state index contributed by atoms with van der Waals surface area (Å²) in [6.07, 6.45) is 1.47. The van der Waals surface area contributed by atoms with Crippen LogP contribution in [0.15, 0.2) is 53.8 Å². The Morgan fingerprint density at radius 1 is 1.07 bits per heavy atom. The van der Waals surface area contributed by atoms with Gasteiger partial charge in [0.25, 0.3) is 0 Å². The number of nitrogens with one attached hydrogen (secondary N) is 1. The highest BCUT2D eigenvalue weighted by molar-refractivity contribution is 8.00. The number of benzene rings is 2. The number of rotatable bonds is 5.